The third-order valence-electron chi connectivity index (χ3n) is 2.00. The first-order valence-corrected chi connectivity index (χ1v) is 4.46. The zero-order chi connectivity index (χ0) is 8.97. The van der Waals surface area contributed by atoms with E-state index in [0.29, 0.717) is 6.04 Å². The summed E-state index contributed by atoms with van der Waals surface area (Å²) in [5.74, 6) is 0. The van der Waals surface area contributed by atoms with Crippen molar-refractivity contribution in [2.75, 3.05) is 0 Å². The summed E-state index contributed by atoms with van der Waals surface area (Å²) in [5.41, 5.74) is 2.21. The maximum absolute atomic E-state index is 4.13. The molecule has 1 rings (SSSR count). The highest BCUT2D eigenvalue weighted by atomic mass is 15.1. The minimum atomic E-state index is 0.571. The molecule has 0 aliphatic rings. The van der Waals surface area contributed by atoms with Gasteiger partial charge in [-0.3, -0.25) is 5.10 Å². The maximum Gasteiger partial charge on any atom is 0.0762 e. The second-order valence-electron chi connectivity index (χ2n) is 3.23. The highest BCUT2D eigenvalue weighted by molar-refractivity contribution is 5.06. The molecule has 0 saturated heterocycles. The Balaban J connectivity index is 2.33. The summed E-state index contributed by atoms with van der Waals surface area (Å²) in [5, 5.41) is 10.4. The topological polar surface area (TPSA) is 40.7 Å². The van der Waals surface area contributed by atoms with Crippen molar-refractivity contribution in [3.63, 3.8) is 0 Å². The lowest BCUT2D eigenvalue weighted by Crippen LogP contribution is -2.24. The van der Waals surface area contributed by atoms with E-state index in [9.17, 15) is 0 Å². The number of hydrogen-bond acceptors (Lipinski definition) is 2. The van der Waals surface area contributed by atoms with Crippen LogP contribution in [0, 0.1) is 6.92 Å². The summed E-state index contributed by atoms with van der Waals surface area (Å²) < 4.78 is 0. The van der Waals surface area contributed by atoms with E-state index in [1.807, 2.05) is 6.92 Å². The summed E-state index contributed by atoms with van der Waals surface area (Å²) in [6, 6.07) is 2.64. The number of nitrogens with one attached hydrogen (secondary N) is 2. The Morgan fingerprint density at radius 3 is 2.92 bits per heavy atom. The SMILES string of the molecule is CCC(C)NCc1cc(C)[nH]n1. The largest absolute Gasteiger partial charge is 0.309 e. The quantitative estimate of drug-likeness (QED) is 0.715. The maximum atomic E-state index is 4.13. The van der Waals surface area contributed by atoms with Crippen LogP contribution in [0.3, 0.4) is 0 Å². The third-order valence-corrected chi connectivity index (χ3v) is 2.00. The van der Waals surface area contributed by atoms with Crippen molar-refractivity contribution >= 4 is 0 Å². The zero-order valence-corrected chi connectivity index (χ0v) is 8.02. The fourth-order valence-corrected chi connectivity index (χ4v) is 0.988. The fraction of sp³-hybridized carbons (Fsp3) is 0.667. The molecule has 0 aromatic carbocycles. The molecule has 0 spiro atoms. The molecule has 1 aromatic rings. The smallest absolute Gasteiger partial charge is 0.0762 e. The lowest BCUT2D eigenvalue weighted by Gasteiger charge is -2.08. The van der Waals surface area contributed by atoms with Gasteiger partial charge in [-0.25, -0.2) is 0 Å². The van der Waals surface area contributed by atoms with E-state index in [1.54, 1.807) is 0 Å². The van der Waals surface area contributed by atoms with Crippen LogP contribution in [0.4, 0.5) is 0 Å². The van der Waals surface area contributed by atoms with Crippen LogP contribution >= 0.6 is 0 Å². The molecule has 1 atom stereocenters. The van der Waals surface area contributed by atoms with Gasteiger partial charge in [-0.05, 0) is 26.3 Å². The van der Waals surface area contributed by atoms with Gasteiger partial charge in [-0.15, -0.1) is 0 Å². The Bertz CT molecular complexity index is 229. The third kappa shape index (κ3) is 2.66. The van der Waals surface area contributed by atoms with E-state index in [4.69, 9.17) is 0 Å². The average Bonchev–Trinajstić information content (AvgIpc) is 2.47. The van der Waals surface area contributed by atoms with Crippen molar-refractivity contribution in [3.05, 3.63) is 17.5 Å². The van der Waals surface area contributed by atoms with Gasteiger partial charge in [0.1, 0.15) is 0 Å². The predicted molar refractivity (Wildman–Crippen MR) is 49.9 cm³/mol. The number of aryl methyl sites for hydroxylation is 1. The lowest BCUT2D eigenvalue weighted by molar-refractivity contribution is 0.528. The van der Waals surface area contributed by atoms with Gasteiger partial charge < -0.3 is 5.32 Å². The van der Waals surface area contributed by atoms with Crippen LogP contribution in [0.15, 0.2) is 6.07 Å². The van der Waals surface area contributed by atoms with Crippen molar-refractivity contribution in [1.82, 2.24) is 15.5 Å². The van der Waals surface area contributed by atoms with Gasteiger partial charge in [-0.2, -0.15) is 5.10 Å². The number of nitrogens with zero attached hydrogens (tertiary/aromatic N) is 1. The van der Waals surface area contributed by atoms with Gasteiger partial charge in [0.15, 0.2) is 0 Å². The van der Waals surface area contributed by atoms with E-state index < -0.39 is 0 Å². The Morgan fingerprint density at radius 1 is 1.67 bits per heavy atom. The Labute approximate surface area is 73.6 Å². The predicted octanol–water partition coefficient (Wildman–Crippen LogP) is 1.61. The molecule has 0 fully saturated rings. The minimum absolute atomic E-state index is 0.571. The first-order valence-electron chi connectivity index (χ1n) is 4.46. The molecule has 0 amide bonds. The second-order valence-corrected chi connectivity index (χ2v) is 3.23. The van der Waals surface area contributed by atoms with Crippen LogP contribution in [0.5, 0.6) is 0 Å². The molecule has 2 N–H and O–H groups in total. The standard InChI is InChI=1S/C9H17N3/c1-4-7(2)10-6-9-5-8(3)11-12-9/h5,7,10H,4,6H2,1-3H3,(H,11,12). The monoisotopic (exact) mass is 167 g/mol. The van der Waals surface area contributed by atoms with Gasteiger partial charge in [0, 0.05) is 18.3 Å². The van der Waals surface area contributed by atoms with Crippen LogP contribution in [0.25, 0.3) is 0 Å². The van der Waals surface area contributed by atoms with Crippen molar-refractivity contribution < 1.29 is 0 Å². The number of H-pyrrole nitrogens is 1. The van der Waals surface area contributed by atoms with E-state index in [2.05, 4.69) is 35.4 Å². The number of hydrogen-bond donors (Lipinski definition) is 2. The Kier molecular flexibility index (Phi) is 3.29. The summed E-state index contributed by atoms with van der Waals surface area (Å²) in [6.45, 7) is 7.23. The molecule has 68 valence electrons. The second kappa shape index (κ2) is 4.26. The molecule has 1 aromatic heterocycles. The normalized spacial score (nSPS) is 13.2. The molecule has 0 aliphatic heterocycles. The molecule has 3 nitrogen and oxygen atoms in total. The lowest BCUT2D eigenvalue weighted by atomic mass is 10.2. The molecular weight excluding hydrogens is 150 g/mol. The van der Waals surface area contributed by atoms with E-state index in [-0.39, 0.29) is 0 Å². The fourth-order valence-electron chi connectivity index (χ4n) is 0.988. The van der Waals surface area contributed by atoms with Gasteiger partial charge in [0.2, 0.25) is 0 Å². The molecule has 3 heteroatoms. The number of aromatic nitrogens is 2. The first-order chi connectivity index (χ1) is 5.72. The van der Waals surface area contributed by atoms with Crippen LogP contribution < -0.4 is 5.32 Å². The highest BCUT2D eigenvalue weighted by Gasteiger charge is 2.00. The van der Waals surface area contributed by atoms with Gasteiger partial charge in [0.25, 0.3) is 0 Å². The van der Waals surface area contributed by atoms with Crippen molar-refractivity contribution in [1.29, 1.82) is 0 Å². The molecular formula is C9H17N3. The van der Waals surface area contributed by atoms with E-state index in [0.717, 1.165) is 24.4 Å². The molecule has 0 saturated carbocycles. The summed E-state index contributed by atoms with van der Waals surface area (Å²) >= 11 is 0. The summed E-state index contributed by atoms with van der Waals surface area (Å²) in [6.07, 6.45) is 1.16. The molecule has 0 bridgehead atoms. The highest BCUT2D eigenvalue weighted by Crippen LogP contribution is 1.98. The van der Waals surface area contributed by atoms with Crippen LogP contribution in [0.1, 0.15) is 31.7 Å². The summed E-state index contributed by atoms with van der Waals surface area (Å²) in [7, 11) is 0. The van der Waals surface area contributed by atoms with Crippen molar-refractivity contribution in [2.45, 2.75) is 39.8 Å². The molecule has 1 unspecified atom stereocenters. The van der Waals surface area contributed by atoms with E-state index in [1.165, 1.54) is 0 Å². The summed E-state index contributed by atoms with van der Waals surface area (Å²) in [4.78, 5) is 0. The number of aromatic amines is 1. The molecule has 1 heterocycles. The van der Waals surface area contributed by atoms with Crippen molar-refractivity contribution in [3.8, 4) is 0 Å². The molecule has 0 aliphatic carbocycles. The number of rotatable bonds is 4. The Hall–Kier alpha value is -0.830. The Morgan fingerprint density at radius 2 is 2.42 bits per heavy atom. The van der Waals surface area contributed by atoms with Crippen LogP contribution in [0.2, 0.25) is 0 Å². The first kappa shape index (κ1) is 9.26. The minimum Gasteiger partial charge on any atom is -0.309 e. The van der Waals surface area contributed by atoms with Gasteiger partial charge >= 0.3 is 0 Å². The average molecular weight is 167 g/mol. The van der Waals surface area contributed by atoms with Gasteiger partial charge in [0.05, 0.1) is 5.69 Å². The van der Waals surface area contributed by atoms with Gasteiger partial charge in [-0.1, -0.05) is 6.92 Å². The molecule has 0 radical (unpaired) electrons. The van der Waals surface area contributed by atoms with Crippen LogP contribution in [-0.2, 0) is 6.54 Å². The van der Waals surface area contributed by atoms with E-state index >= 15 is 0 Å². The molecule has 12 heavy (non-hydrogen) atoms. The zero-order valence-electron chi connectivity index (χ0n) is 8.02. The van der Waals surface area contributed by atoms with Crippen LogP contribution in [-0.4, -0.2) is 16.2 Å². The van der Waals surface area contributed by atoms with Crippen molar-refractivity contribution in [2.24, 2.45) is 0 Å².